The zero-order chi connectivity index (χ0) is 13.8. The second kappa shape index (κ2) is 5.57. The van der Waals surface area contributed by atoms with E-state index in [-0.39, 0.29) is 11.5 Å². The number of nitrogens with one attached hydrogen (secondary N) is 2. The van der Waals surface area contributed by atoms with Gasteiger partial charge in [-0.1, -0.05) is 0 Å². The Morgan fingerprint density at radius 2 is 2.26 bits per heavy atom. The summed E-state index contributed by atoms with van der Waals surface area (Å²) in [5.74, 6) is 0.501. The van der Waals surface area contributed by atoms with Crippen LogP contribution in [0.1, 0.15) is 10.7 Å². The zero-order valence-electron chi connectivity index (χ0n) is 10.4. The van der Waals surface area contributed by atoms with Crippen LogP contribution in [0, 0.1) is 17.0 Å². The molecular formula is C10H12N6O2S. The molecule has 19 heavy (non-hydrogen) atoms. The van der Waals surface area contributed by atoms with Crippen molar-refractivity contribution in [3.63, 3.8) is 0 Å². The molecule has 0 amide bonds. The minimum Gasteiger partial charge on any atom is -0.358 e. The first-order valence-electron chi connectivity index (χ1n) is 5.44. The Balaban J connectivity index is 2.19. The van der Waals surface area contributed by atoms with Crippen LogP contribution < -0.4 is 10.6 Å². The van der Waals surface area contributed by atoms with Crippen LogP contribution in [0.15, 0.2) is 11.6 Å². The molecule has 2 aromatic heterocycles. The standard InChI is InChI=1S/C10H12N6O2S/c1-6-5-19-8(14-6)4-12-9-7(16(17)18)3-13-10(11-2)15-9/h3,5H,4H2,1-2H3,(H2,11,12,13,15). The number of thiazole rings is 1. The molecule has 9 heteroatoms. The molecule has 0 bridgehead atoms. The van der Waals surface area contributed by atoms with E-state index in [4.69, 9.17) is 0 Å². The molecule has 8 nitrogen and oxygen atoms in total. The molecule has 2 heterocycles. The van der Waals surface area contributed by atoms with E-state index < -0.39 is 4.92 Å². The smallest absolute Gasteiger partial charge is 0.329 e. The second-order valence-corrected chi connectivity index (χ2v) is 4.61. The molecule has 100 valence electrons. The third-order valence-corrected chi connectivity index (χ3v) is 3.23. The molecule has 0 atom stereocenters. The van der Waals surface area contributed by atoms with Crippen molar-refractivity contribution in [2.75, 3.05) is 17.7 Å². The molecule has 2 rings (SSSR count). The van der Waals surface area contributed by atoms with Crippen LogP contribution in [0.4, 0.5) is 17.5 Å². The highest BCUT2D eigenvalue weighted by Crippen LogP contribution is 2.22. The Labute approximate surface area is 113 Å². The average molecular weight is 280 g/mol. The summed E-state index contributed by atoms with van der Waals surface area (Å²) in [6, 6.07) is 0. The maximum atomic E-state index is 10.9. The Morgan fingerprint density at radius 3 is 2.84 bits per heavy atom. The van der Waals surface area contributed by atoms with Gasteiger partial charge in [0.25, 0.3) is 0 Å². The molecule has 2 aromatic rings. The minimum absolute atomic E-state index is 0.160. The largest absolute Gasteiger partial charge is 0.358 e. The van der Waals surface area contributed by atoms with Crippen molar-refractivity contribution >= 4 is 28.8 Å². The van der Waals surface area contributed by atoms with Gasteiger partial charge in [0.1, 0.15) is 11.2 Å². The molecule has 0 spiro atoms. The van der Waals surface area contributed by atoms with Crippen molar-refractivity contribution in [2.45, 2.75) is 13.5 Å². The Kier molecular flexibility index (Phi) is 3.85. The van der Waals surface area contributed by atoms with Crippen LogP contribution in [-0.2, 0) is 6.54 Å². The maximum absolute atomic E-state index is 10.9. The first kappa shape index (κ1) is 13.1. The highest BCUT2D eigenvalue weighted by atomic mass is 32.1. The summed E-state index contributed by atoms with van der Waals surface area (Å²) in [6.07, 6.45) is 1.17. The maximum Gasteiger partial charge on any atom is 0.329 e. The van der Waals surface area contributed by atoms with E-state index in [1.165, 1.54) is 17.5 Å². The lowest BCUT2D eigenvalue weighted by Crippen LogP contribution is -2.07. The van der Waals surface area contributed by atoms with Gasteiger partial charge in [-0.2, -0.15) is 4.98 Å². The Bertz CT molecular complexity index is 599. The van der Waals surface area contributed by atoms with Crippen molar-refractivity contribution in [1.82, 2.24) is 15.0 Å². The van der Waals surface area contributed by atoms with Crippen molar-refractivity contribution in [2.24, 2.45) is 0 Å². The highest BCUT2D eigenvalue weighted by molar-refractivity contribution is 7.09. The molecule has 0 aliphatic carbocycles. The quantitative estimate of drug-likeness (QED) is 0.635. The summed E-state index contributed by atoms with van der Waals surface area (Å²) >= 11 is 1.49. The van der Waals surface area contributed by atoms with Gasteiger partial charge in [-0.05, 0) is 6.92 Å². The van der Waals surface area contributed by atoms with Gasteiger partial charge >= 0.3 is 5.69 Å². The fraction of sp³-hybridized carbons (Fsp3) is 0.300. The van der Waals surface area contributed by atoms with E-state index in [0.29, 0.717) is 12.5 Å². The van der Waals surface area contributed by atoms with E-state index in [0.717, 1.165) is 10.7 Å². The van der Waals surface area contributed by atoms with Crippen molar-refractivity contribution in [3.8, 4) is 0 Å². The molecule has 0 saturated carbocycles. The molecule has 0 radical (unpaired) electrons. The monoisotopic (exact) mass is 280 g/mol. The summed E-state index contributed by atoms with van der Waals surface area (Å²) < 4.78 is 0. The number of aryl methyl sites for hydroxylation is 1. The van der Waals surface area contributed by atoms with Gasteiger partial charge in [0.2, 0.25) is 11.8 Å². The fourth-order valence-electron chi connectivity index (χ4n) is 1.40. The van der Waals surface area contributed by atoms with E-state index in [1.807, 2.05) is 12.3 Å². The lowest BCUT2D eigenvalue weighted by Gasteiger charge is -2.05. The van der Waals surface area contributed by atoms with Gasteiger partial charge in [0, 0.05) is 18.1 Å². The summed E-state index contributed by atoms with van der Waals surface area (Å²) in [6.45, 7) is 2.28. The molecule has 2 N–H and O–H groups in total. The number of nitro groups is 1. The minimum atomic E-state index is -0.519. The average Bonchev–Trinajstić information content (AvgIpc) is 2.81. The van der Waals surface area contributed by atoms with Gasteiger partial charge in [-0.15, -0.1) is 11.3 Å². The van der Waals surface area contributed by atoms with Gasteiger partial charge in [0.05, 0.1) is 11.5 Å². The van der Waals surface area contributed by atoms with E-state index in [9.17, 15) is 10.1 Å². The van der Waals surface area contributed by atoms with Crippen molar-refractivity contribution < 1.29 is 4.92 Å². The Morgan fingerprint density at radius 1 is 1.47 bits per heavy atom. The van der Waals surface area contributed by atoms with Crippen molar-refractivity contribution in [3.05, 3.63) is 32.4 Å². The first-order valence-corrected chi connectivity index (χ1v) is 6.32. The molecule has 0 saturated heterocycles. The summed E-state index contributed by atoms with van der Waals surface area (Å²) in [5.41, 5.74) is 0.766. The van der Waals surface area contributed by atoms with Crippen LogP contribution in [-0.4, -0.2) is 26.9 Å². The SMILES string of the molecule is CNc1ncc([N+](=O)[O-])c(NCc2nc(C)cs2)n1. The van der Waals surface area contributed by atoms with Crippen LogP contribution in [0.25, 0.3) is 0 Å². The topological polar surface area (TPSA) is 106 Å². The highest BCUT2D eigenvalue weighted by Gasteiger charge is 2.17. The third-order valence-electron chi connectivity index (χ3n) is 2.26. The van der Waals surface area contributed by atoms with Crippen molar-refractivity contribution in [1.29, 1.82) is 0 Å². The normalized spacial score (nSPS) is 10.2. The van der Waals surface area contributed by atoms with Gasteiger partial charge in [0.15, 0.2) is 0 Å². The van der Waals surface area contributed by atoms with Gasteiger partial charge in [-0.3, -0.25) is 10.1 Å². The number of nitrogens with zero attached hydrogens (tertiary/aromatic N) is 4. The van der Waals surface area contributed by atoms with Crippen LogP contribution in [0.3, 0.4) is 0 Å². The van der Waals surface area contributed by atoms with Gasteiger partial charge < -0.3 is 10.6 Å². The predicted octanol–water partition coefficient (Wildman–Crippen LogP) is 1.80. The van der Waals surface area contributed by atoms with Gasteiger partial charge in [-0.25, -0.2) is 9.97 Å². The first-order chi connectivity index (χ1) is 9.10. The molecule has 0 unspecified atom stereocenters. The van der Waals surface area contributed by atoms with Crippen LogP contribution in [0.2, 0.25) is 0 Å². The number of anilines is 2. The van der Waals surface area contributed by atoms with E-state index in [1.54, 1.807) is 7.05 Å². The lowest BCUT2D eigenvalue weighted by molar-refractivity contribution is -0.384. The van der Waals surface area contributed by atoms with E-state index >= 15 is 0 Å². The molecule has 0 aromatic carbocycles. The van der Waals surface area contributed by atoms with Crippen LogP contribution in [0.5, 0.6) is 0 Å². The third kappa shape index (κ3) is 3.13. The number of hydrogen-bond acceptors (Lipinski definition) is 8. The Hall–Kier alpha value is -2.29. The summed E-state index contributed by atoms with van der Waals surface area (Å²) in [5, 5.41) is 19.3. The second-order valence-electron chi connectivity index (χ2n) is 3.67. The fourth-order valence-corrected chi connectivity index (χ4v) is 2.11. The summed E-state index contributed by atoms with van der Waals surface area (Å²) in [7, 11) is 1.65. The molecular weight excluding hydrogens is 268 g/mol. The molecule has 0 aliphatic heterocycles. The summed E-state index contributed by atoms with van der Waals surface area (Å²) in [4.78, 5) is 22.5. The molecule has 0 fully saturated rings. The molecule has 0 aliphatic rings. The predicted molar refractivity (Wildman–Crippen MR) is 72.4 cm³/mol. The number of aromatic nitrogens is 3. The number of rotatable bonds is 5. The lowest BCUT2D eigenvalue weighted by atomic mass is 10.4. The van der Waals surface area contributed by atoms with E-state index in [2.05, 4.69) is 25.6 Å². The number of hydrogen-bond donors (Lipinski definition) is 2. The van der Waals surface area contributed by atoms with Crippen LogP contribution >= 0.6 is 11.3 Å². The zero-order valence-corrected chi connectivity index (χ0v) is 11.2.